The largest absolute Gasteiger partial charge is 0.378 e. The van der Waals surface area contributed by atoms with Crippen LogP contribution in [-0.4, -0.2) is 5.91 Å². The summed E-state index contributed by atoms with van der Waals surface area (Å²) >= 11 is 0. The fourth-order valence-corrected chi connectivity index (χ4v) is 6.56. The SMILES string of the molecule is O=C(Nc1ccc2c(c1)C1CCC3CCCC3C1C(c1ccccc1)N2)C1CC1. The van der Waals surface area contributed by atoms with E-state index in [0.29, 0.717) is 17.9 Å². The number of hydrogen-bond acceptors (Lipinski definition) is 2. The molecular formula is C26H30N2O. The van der Waals surface area contributed by atoms with Crippen LogP contribution in [0.2, 0.25) is 0 Å². The van der Waals surface area contributed by atoms with Crippen molar-refractivity contribution >= 4 is 17.3 Å². The Hall–Kier alpha value is -2.29. The van der Waals surface area contributed by atoms with Gasteiger partial charge in [0.05, 0.1) is 6.04 Å². The highest BCUT2D eigenvalue weighted by Crippen LogP contribution is 2.59. The molecule has 1 aliphatic heterocycles. The second-order valence-corrected chi connectivity index (χ2v) is 9.71. The van der Waals surface area contributed by atoms with Gasteiger partial charge < -0.3 is 10.6 Å². The van der Waals surface area contributed by atoms with Gasteiger partial charge in [-0.05, 0) is 85.1 Å². The first-order valence-electron chi connectivity index (χ1n) is 11.5. The predicted octanol–water partition coefficient (Wildman–Crippen LogP) is 6.11. The van der Waals surface area contributed by atoms with Gasteiger partial charge in [-0.2, -0.15) is 0 Å². The van der Waals surface area contributed by atoms with E-state index in [2.05, 4.69) is 59.2 Å². The normalized spacial score (nSPS) is 32.5. The fourth-order valence-electron chi connectivity index (χ4n) is 6.56. The van der Waals surface area contributed by atoms with Crippen LogP contribution in [0.4, 0.5) is 11.4 Å². The summed E-state index contributed by atoms with van der Waals surface area (Å²) in [7, 11) is 0. The van der Waals surface area contributed by atoms with E-state index >= 15 is 0 Å². The van der Waals surface area contributed by atoms with Crippen molar-refractivity contribution < 1.29 is 4.79 Å². The summed E-state index contributed by atoms with van der Waals surface area (Å²) < 4.78 is 0. The summed E-state index contributed by atoms with van der Waals surface area (Å²) in [5, 5.41) is 7.10. The van der Waals surface area contributed by atoms with E-state index < -0.39 is 0 Å². The highest BCUT2D eigenvalue weighted by molar-refractivity contribution is 5.94. The molecule has 0 spiro atoms. The van der Waals surface area contributed by atoms with Crippen molar-refractivity contribution in [3.05, 3.63) is 59.7 Å². The molecule has 6 rings (SSSR count). The van der Waals surface area contributed by atoms with E-state index in [1.165, 1.54) is 48.9 Å². The van der Waals surface area contributed by atoms with Crippen molar-refractivity contribution in [1.29, 1.82) is 0 Å². The molecule has 3 fully saturated rings. The second-order valence-electron chi connectivity index (χ2n) is 9.71. The number of nitrogens with one attached hydrogen (secondary N) is 2. The molecule has 1 amide bonds. The highest BCUT2D eigenvalue weighted by Gasteiger charge is 2.48. The first kappa shape index (κ1) is 17.6. The van der Waals surface area contributed by atoms with Gasteiger partial charge in [0.15, 0.2) is 0 Å². The van der Waals surface area contributed by atoms with Crippen LogP contribution in [0.25, 0.3) is 0 Å². The number of rotatable bonds is 3. The summed E-state index contributed by atoms with van der Waals surface area (Å²) in [6.45, 7) is 0. The van der Waals surface area contributed by atoms with Crippen LogP contribution in [-0.2, 0) is 4.79 Å². The number of carbonyl (C=O) groups excluding carboxylic acids is 1. The first-order valence-corrected chi connectivity index (χ1v) is 11.5. The number of hydrogen-bond donors (Lipinski definition) is 2. The molecule has 0 aromatic heterocycles. The Morgan fingerprint density at radius 3 is 2.62 bits per heavy atom. The molecule has 2 N–H and O–H groups in total. The lowest BCUT2D eigenvalue weighted by Gasteiger charge is -2.49. The Bertz CT molecular complexity index is 920. The van der Waals surface area contributed by atoms with Gasteiger partial charge >= 0.3 is 0 Å². The Kier molecular flexibility index (Phi) is 4.18. The first-order chi connectivity index (χ1) is 14.3. The molecule has 3 nitrogen and oxygen atoms in total. The molecule has 0 radical (unpaired) electrons. The second kappa shape index (κ2) is 6.90. The minimum absolute atomic E-state index is 0.201. The topological polar surface area (TPSA) is 41.1 Å². The van der Waals surface area contributed by atoms with Gasteiger partial charge in [-0.15, -0.1) is 0 Å². The summed E-state index contributed by atoms with van der Waals surface area (Å²) in [5.41, 5.74) is 5.10. The van der Waals surface area contributed by atoms with E-state index in [0.717, 1.165) is 30.4 Å². The van der Waals surface area contributed by atoms with Crippen LogP contribution in [0.5, 0.6) is 0 Å². The van der Waals surface area contributed by atoms with Gasteiger partial charge in [0.1, 0.15) is 0 Å². The molecule has 3 saturated carbocycles. The number of anilines is 2. The highest BCUT2D eigenvalue weighted by atomic mass is 16.2. The maximum Gasteiger partial charge on any atom is 0.227 e. The lowest BCUT2D eigenvalue weighted by atomic mass is 9.60. The molecule has 0 saturated heterocycles. The number of amides is 1. The molecule has 150 valence electrons. The quantitative estimate of drug-likeness (QED) is 0.668. The minimum Gasteiger partial charge on any atom is -0.378 e. The molecular weight excluding hydrogens is 356 g/mol. The maximum absolute atomic E-state index is 12.3. The molecule has 2 aromatic carbocycles. The number of carbonyl (C=O) groups is 1. The third kappa shape index (κ3) is 3.06. The average Bonchev–Trinajstić information content (AvgIpc) is 3.50. The summed E-state index contributed by atoms with van der Waals surface area (Å²) in [5.74, 6) is 3.42. The van der Waals surface area contributed by atoms with Gasteiger partial charge in [-0.25, -0.2) is 0 Å². The lowest BCUT2D eigenvalue weighted by molar-refractivity contribution is -0.117. The Morgan fingerprint density at radius 2 is 1.79 bits per heavy atom. The van der Waals surface area contributed by atoms with E-state index in [4.69, 9.17) is 0 Å². The van der Waals surface area contributed by atoms with Crippen LogP contribution < -0.4 is 10.6 Å². The van der Waals surface area contributed by atoms with Crippen molar-refractivity contribution in [2.45, 2.75) is 56.9 Å². The lowest BCUT2D eigenvalue weighted by Crippen LogP contribution is -2.41. The molecule has 29 heavy (non-hydrogen) atoms. The molecule has 2 aromatic rings. The molecule has 1 heterocycles. The number of benzene rings is 2. The van der Waals surface area contributed by atoms with E-state index in [1.807, 2.05) is 0 Å². The van der Waals surface area contributed by atoms with Gasteiger partial charge in [0.2, 0.25) is 5.91 Å². The molecule has 5 atom stereocenters. The Balaban J connectivity index is 1.38. The molecule has 3 aliphatic carbocycles. The minimum atomic E-state index is 0.201. The Morgan fingerprint density at radius 1 is 0.931 bits per heavy atom. The molecule has 5 unspecified atom stereocenters. The zero-order valence-corrected chi connectivity index (χ0v) is 16.9. The van der Waals surface area contributed by atoms with E-state index in [1.54, 1.807) is 0 Å². The van der Waals surface area contributed by atoms with Crippen LogP contribution in [0.15, 0.2) is 48.5 Å². The summed E-state index contributed by atoms with van der Waals surface area (Å²) in [6, 6.07) is 18.0. The third-order valence-corrected chi connectivity index (χ3v) is 8.05. The third-order valence-electron chi connectivity index (χ3n) is 8.05. The van der Waals surface area contributed by atoms with Crippen LogP contribution in [0.3, 0.4) is 0 Å². The summed E-state index contributed by atoms with van der Waals surface area (Å²) in [6.07, 6.45) is 8.93. The maximum atomic E-state index is 12.3. The van der Waals surface area contributed by atoms with Gasteiger partial charge in [0, 0.05) is 17.3 Å². The van der Waals surface area contributed by atoms with E-state index in [-0.39, 0.29) is 11.8 Å². The van der Waals surface area contributed by atoms with E-state index in [9.17, 15) is 4.79 Å². The Labute approximate surface area is 173 Å². The van der Waals surface area contributed by atoms with Crippen molar-refractivity contribution in [2.75, 3.05) is 10.6 Å². The zero-order chi connectivity index (χ0) is 19.4. The number of fused-ring (bicyclic) bond motifs is 5. The monoisotopic (exact) mass is 386 g/mol. The van der Waals surface area contributed by atoms with Crippen LogP contribution in [0, 0.1) is 23.7 Å². The average molecular weight is 387 g/mol. The zero-order valence-electron chi connectivity index (χ0n) is 16.9. The van der Waals surface area contributed by atoms with Crippen molar-refractivity contribution in [3.63, 3.8) is 0 Å². The van der Waals surface area contributed by atoms with Crippen LogP contribution >= 0.6 is 0 Å². The molecule has 3 heteroatoms. The van der Waals surface area contributed by atoms with Crippen molar-refractivity contribution in [2.24, 2.45) is 23.7 Å². The van der Waals surface area contributed by atoms with Gasteiger partial charge in [-0.3, -0.25) is 4.79 Å². The van der Waals surface area contributed by atoms with Crippen molar-refractivity contribution in [3.8, 4) is 0 Å². The van der Waals surface area contributed by atoms with Crippen molar-refractivity contribution in [1.82, 2.24) is 0 Å². The molecule has 0 bridgehead atoms. The van der Waals surface area contributed by atoms with Crippen LogP contribution in [0.1, 0.15) is 68.0 Å². The standard InChI is InChI=1S/C26H30N2O/c29-26(18-9-10-18)27-19-12-14-23-22(15-19)21-13-11-16-7-4-8-20(16)24(21)25(28-23)17-5-2-1-3-6-17/h1-3,5-6,12,14-16,18,20-21,24-25,28H,4,7-11,13H2,(H,27,29). The predicted molar refractivity (Wildman–Crippen MR) is 117 cm³/mol. The molecule has 4 aliphatic rings. The summed E-state index contributed by atoms with van der Waals surface area (Å²) in [4.78, 5) is 12.3. The smallest absolute Gasteiger partial charge is 0.227 e. The van der Waals surface area contributed by atoms with Gasteiger partial charge in [0.25, 0.3) is 0 Å². The fraction of sp³-hybridized carbons (Fsp3) is 0.500. The van der Waals surface area contributed by atoms with Gasteiger partial charge in [-0.1, -0.05) is 43.2 Å².